The molecule has 170 valence electrons. The standard InChI is InChI=1S/C26H31NO5/c1-2-3-12-29-14-15-30-13-11-27-19-23(28)20-31-24-10-9-22-17-25(32-26(22)18-24)16-21-7-5-4-6-8-21/h1,4-10,17-18,23,27-28H,3,11-16,19-20H2. The second-order valence-corrected chi connectivity index (χ2v) is 7.42. The maximum Gasteiger partial charge on any atom is 0.137 e. The van der Waals surface area contributed by atoms with Crippen LogP contribution in [0.3, 0.4) is 0 Å². The summed E-state index contributed by atoms with van der Waals surface area (Å²) < 4.78 is 22.4. The first-order valence-electron chi connectivity index (χ1n) is 10.9. The fourth-order valence-electron chi connectivity index (χ4n) is 3.16. The van der Waals surface area contributed by atoms with Gasteiger partial charge in [-0.05, 0) is 23.8 Å². The number of furan rings is 1. The van der Waals surface area contributed by atoms with Crippen molar-refractivity contribution in [1.29, 1.82) is 0 Å². The van der Waals surface area contributed by atoms with Gasteiger partial charge < -0.3 is 29.1 Å². The summed E-state index contributed by atoms with van der Waals surface area (Å²) >= 11 is 0. The molecule has 1 atom stereocenters. The molecule has 1 unspecified atom stereocenters. The van der Waals surface area contributed by atoms with Gasteiger partial charge in [-0.15, -0.1) is 12.3 Å². The number of aliphatic hydroxyl groups excluding tert-OH is 1. The first-order chi connectivity index (χ1) is 15.7. The zero-order valence-corrected chi connectivity index (χ0v) is 18.3. The average molecular weight is 438 g/mol. The van der Waals surface area contributed by atoms with E-state index in [2.05, 4.69) is 29.4 Å². The summed E-state index contributed by atoms with van der Waals surface area (Å²) in [6.45, 7) is 3.43. The Bertz CT molecular complexity index is 963. The van der Waals surface area contributed by atoms with Crippen LogP contribution in [0.2, 0.25) is 0 Å². The van der Waals surface area contributed by atoms with E-state index in [0.717, 1.165) is 23.2 Å². The Morgan fingerprint density at radius 1 is 1.00 bits per heavy atom. The van der Waals surface area contributed by atoms with E-state index in [4.69, 9.17) is 25.1 Å². The lowest BCUT2D eigenvalue weighted by atomic mass is 10.1. The molecule has 6 heteroatoms. The Morgan fingerprint density at radius 2 is 1.81 bits per heavy atom. The van der Waals surface area contributed by atoms with Gasteiger partial charge >= 0.3 is 0 Å². The first kappa shape index (κ1) is 23.8. The summed E-state index contributed by atoms with van der Waals surface area (Å²) in [7, 11) is 0. The van der Waals surface area contributed by atoms with E-state index in [0.29, 0.717) is 51.7 Å². The van der Waals surface area contributed by atoms with Crippen molar-refractivity contribution in [1.82, 2.24) is 5.32 Å². The quantitative estimate of drug-likeness (QED) is 0.280. The van der Waals surface area contributed by atoms with Gasteiger partial charge in [-0.2, -0.15) is 0 Å². The van der Waals surface area contributed by atoms with Crippen LogP contribution in [0.5, 0.6) is 5.75 Å². The lowest BCUT2D eigenvalue weighted by Crippen LogP contribution is -2.33. The third-order valence-electron chi connectivity index (χ3n) is 4.77. The van der Waals surface area contributed by atoms with Crippen LogP contribution in [0, 0.1) is 12.3 Å². The number of hydrogen-bond acceptors (Lipinski definition) is 6. The van der Waals surface area contributed by atoms with Crippen LogP contribution in [0.25, 0.3) is 11.0 Å². The van der Waals surface area contributed by atoms with Gasteiger partial charge in [-0.1, -0.05) is 30.3 Å². The molecular formula is C26H31NO5. The molecule has 0 fully saturated rings. The second-order valence-electron chi connectivity index (χ2n) is 7.42. The zero-order chi connectivity index (χ0) is 22.4. The Kier molecular flexibility index (Phi) is 10.1. The van der Waals surface area contributed by atoms with Crippen molar-refractivity contribution in [3.63, 3.8) is 0 Å². The minimum Gasteiger partial charge on any atom is -0.491 e. The molecule has 1 heterocycles. The molecule has 0 saturated heterocycles. The average Bonchev–Trinajstić information content (AvgIpc) is 3.21. The van der Waals surface area contributed by atoms with Crippen LogP contribution in [0.4, 0.5) is 0 Å². The topological polar surface area (TPSA) is 73.1 Å². The van der Waals surface area contributed by atoms with Crippen molar-refractivity contribution >= 4 is 11.0 Å². The lowest BCUT2D eigenvalue weighted by molar-refractivity contribution is 0.0491. The number of nitrogens with one attached hydrogen (secondary N) is 1. The highest BCUT2D eigenvalue weighted by Gasteiger charge is 2.09. The predicted octanol–water partition coefficient (Wildman–Crippen LogP) is 3.41. The molecule has 0 saturated carbocycles. The van der Waals surface area contributed by atoms with E-state index < -0.39 is 6.10 Å². The molecule has 3 rings (SSSR count). The van der Waals surface area contributed by atoms with Gasteiger partial charge in [-0.3, -0.25) is 0 Å². The summed E-state index contributed by atoms with van der Waals surface area (Å²) in [5, 5.41) is 14.3. The first-order valence-corrected chi connectivity index (χ1v) is 10.9. The van der Waals surface area contributed by atoms with Gasteiger partial charge in [-0.25, -0.2) is 0 Å². The van der Waals surface area contributed by atoms with E-state index in [-0.39, 0.29) is 6.61 Å². The molecule has 6 nitrogen and oxygen atoms in total. The van der Waals surface area contributed by atoms with Crippen LogP contribution in [-0.4, -0.2) is 57.3 Å². The Balaban J connectivity index is 1.32. The number of rotatable bonds is 15. The van der Waals surface area contributed by atoms with E-state index in [1.165, 1.54) is 5.56 Å². The van der Waals surface area contributed by atoms with Crippen LogP contribution in [0.15, 0.2) is 59.0 Å². The number of benzene rings is 2. The minimum atomic E-state index is -0.622. The van der Waals surface area contributed by atoms with Crippen molar-refractivity contribution in [2.24, 2.45) is 0 Å². The molecule has 0 spiro atoms. The summed E-state index contributed by atoms with van der Waals surface area (Å²) in [6, 6.07) is 18.0. The summed E-state index contributed by atoms with van der Waals surface area (Å²) in [6.07, 6.45) is 5.89. The molecule has 3 aromatic rings. The fourth-order valence-corrected chi connectivity index (χ4v) is 3.16. The molecule has 0 aliphatic carbocycles. The van der Waals surface area contributed by atoms with Gasteiger partial charge in [0.2, 0.25) is 0 Å². The van der Waals surface area contributed by atoms with Crippen molar-refractivity contribution in [2.75, 3.05) is 46.1 Å². The molecule has 0 amide bonds. The molecular weight excluding hydrogens is 406 g/mol. The SMILES string of the molecule is C#CCCOCCOCCNCC(O)COc1ccc2cc(Cc3ccccc3)oc2c1. The normalized spacial score (nSPS) is 12.0. The summed E-state index contributed by atoms with van der Waals surface area (Å²) in [5.41, 5.74) is 1.99. The second kappa shape index (κ2) is 13.6. The molecule has 1 aromatic heterocycles. The third kappa shape index (κ3) is 8.37. The Hall–Kier alpha value is -2.82. The highest BCUT2D eigenvalue weighted by atomic mass is 16.5. The maximum absolute atomic E-state index is 10.1. The molecule has 2 N–H and O–H groups in total. The zero-order valence-electron chi connectivity index (χ0n) is 18.3. The molecule has 0 aliphatic heterocycles. The highest BCUT2D eigenvalue weighted by molar-refractivity contribution is 5.79. The van der Waals surface area contributed by atoms with Crippen LogP contribution in [0.1, 0.15) is 17.7 Å². The summed E-state index contributed by atoms with van der Waals surface area (Å²) in [5.74, 6) is 4.10. The van der Waals surface area contributed by atoms with Crippen molar-refractivity contribution in [2.45, 2.75) is 18.9 Å². The number of ether oxygens (including phenoxy) is 3. The monoisotopic (exact) mass is 437 g/mol. The largest absolute Gasteiger partial charge is 0.491 e. The number of terminal acetylenes is 1. The predicted molar refractivity (Wildman–Crippen MR) is 125 cm³/mol. The van der Waals surface area contributed by atoms with E-state index in [9.17, 15) is 5.11 Å². The van der Waals surface area contributed by atoms with Crippen molar-refractivity contribution in [3.05, 3.63) is 65.9 Å². The third-order valence-corrected chi connectivity index (χ3v) is 4.77. The Morgan fingerprint density at radius 3 is 2.62 bits per heavy atom. The summed E-state index contributed by atoms with van der Waals surface area (Å²) in [4.78, 5) is 0. The van der Waals surface area contributed by atoms with Gasteiger partial charge in [0, 0.05) is 37.4 Å². The molecule has 2 aromatic carbocycles. The molecule has 0 radical (unpaired) electrons. The van der Waals surface area contributed by atoms with Crippen molar-refractivity contribution < 1.29 is 23.7 Å². The number of aliphatic hydroxyl groups is 1. The van der Waals surface area contributed by atoms with E-state index in [1.54, 1.807) is 0 Å². The lowest BCUT2D eigenvalue weighted by Gasteiger charge is -2.13. The van der Waals surface area contributed by atoms with Crippen LogP contribution in [-0.2, 0) is 15.9 Å². The molecule has 32 heavy (non-hydrogen) atoms. The van der Waals surface area contributed by atoms with Crippen molar-refractivity contribution in [3.8, 4) is 18.1 Å². The van der Waals surface area contributed by atoms with Gasteiger partial charge in [0.25, 0.3) is 0 Å². The maximum atomic E-state index is 10.1. The van der Waals surface area contributed by atoms with Gasteiger partial charge in [0.15, 0.2) is 0 Å². The molecule has 0 bridgehead atoms. The fraction of sp³-hybridized carbons (Fsp3) is 0.385. The number of fused-ring (bicyclic) bond motifs is 1. The highest BCUT2D eigenvalue weighted by Crippen LogP contribution is 2.25. The van der Waals surface area contributed by atoms with Crippen LogP contribution >= 0.6 is 0 Å². The van der Waals surface area contributed by atoms with E-state index in [1.807, 2.05) is 36.4 Å². The van der Waals surface area contributed by atoms with Gasteiger partial charge in [0.05, 0.1) is 26.4 Å². The van der Waals surface area contributed by atoms with Gasteiger partial charge in [0.1, 0.15) is 29.8 Å². The number of hydrogen-bond donors (Lipinski definition) is 2. The Labute approximate surface area is 189 Å². The minimum absolute atomic E-state index is 0.194. The van der Waals surface area contributed by atoms with Crippen LogP contribution < -0.4 is 10.1 Å². The van der Waals surface area contributed by atoms with E-state index >= 15 is 0 Å². The molecule has 0 aliphatic rings. The smallest absolute Gasteiger partial charge is 0.137 e.